The first-order chi connectivity index (χ1) is 33.2. The largest absolute Gasteiger partial charge is 0.455 e. The van der Waals surface area contributed by atoms with E-state index in [0.29, 0.717) is 0 Å². The zero-order valence-corrected chi connectivity index (χ0v) is 36.4. The normalized spacial score (nSPS) is 11.6. The SMILES string of the molecule is c1ccc(-c2ccc(-c3nc4c5ccccc5c5ccccc5c4nc3-c3ccc(-c4ccc(-c5cc(-c6ccccc6)cc6c5oc5ccc(-c7ccccc7)cc56)cc4)cc3)cc2)cc1. The van der Waals surface area contributed by atoms with E-state index in [1.807, 2.05) is 0 Å². The maximum absolute atomic E-state index is 6.72. The molecular weight excluding hydrogens is 813 g/mol. The lowest BCUT2D eigenvalue weighted by atomic mass is 9.93. The highest BCUT2D eigenvalue weighted by atomic mass is 16.3. The minimum atomic E-state index is 0.853. The fraction of sp³-hybridized carbons (Fsp3) is 0. The summed E-state index contributed by atoms with van der Waals surface area (Å²) in [5.74, 6) is 0. The van der Waals surface area contributed by atoms with Crippen molar-refractivity contribution in [1.82, 2.24) is 9.97 Å². The zero-order valence-electron chi connectivity index (χ0n) is 36.4. The average Bonchev–Trinajstić information content (AvgIpc) is 3.79. The van der Waals surface area contributed by atoms with Gasteiger partial charge in [-0.05, 0) is 85.1 Å². The van der Waals surface area contributed by atoms with Gasteiger partial charge in [0.15, 0.2) is 0 Å². The molecule has 11 aromatic carbocycles. The van der Waals surface area contributed by atoms with Crippen LogP contribution in [0.2, 0.25) is 0 Å². The molecule has 3 nitrogen and oxygen atoms in total. The van der Waals surface area contributed by atoms with Gasteiger partial charge in [-0.1, -0.05) is 218 Å². The molecule has 0 aliphatic rings. The molecule has 67 heavy (non-hydrogen) atoms. The van der Waals surface area contributed by atoms with Crippen molar-refractivity contribution in [2.75, 3.05) is 0 Å². The average molecular weight is 853 g/mol. The Morgan fingerprint density at radius 1 is 0.239 bits per heavy atom. The first kappa shape index (κ1) is 38.5. The lowest BCUT2D eigenvalue weighted by Gasteiger charge is -2.15. The summed E-state index contributed by atoms with van der Waals surface area (Å²) in [6.45, 7) is 0. The molecule has 13 aromatic rings. The Kier molecular flexibility index (Phi) is 9.17. The van der Waals surface area contributed by atoms with Crippen LogP contribution < -0.4 is 0 Å². The molecule has 2 heterocycles. The van der Waals surface area contributed by atoms with Crippen molar-refractivity contribution in [3.05, 3.63) is 243 Å². The molecule has 0 saturated heterocycles. The summed E-state index contributed by atoms with van der Waals surface area (Å²) in [6.07, 6.45) is 0. The maximum Gasteiger partial charge on any atom is 0.143 e. The molecule has 0 aliphatic carbocycles. The van der Waals surface area contributed by atoms with E-state index in [4.69, 9.17) is 14.4 Å². The molecular formula is C64H40N2O. The number of hydrogen-bond acceptors (Lipinski definition) is 3. The predicted molar refractivity (Wildman–Crippen MR) is 280 cm³/mol. The van der Waals surface area contributed by atoms with Crippen molar-refractivity contribution in [2.24, 2.45) is 0 Å². The Morgan fingerprint density at radius 3 is 1.09 bits per heavy atom. The van der Waals surface area contributed by atoms with E-state index < -0.39 is 0 Å². The Balaban J connectivity index is 0.905. The van der Waals surface area contributed by atoms with Gasteiger partial charge in [-0.25, -0.2) is 9.97 Å². The van der Waals surface area contributed by atoms with Gasteiger partial charge in [0.2, 0.25) is 0 Å². The van der Waals surface area contributed by atoms with Crippen molar-refractivity contribution in [2.45, 2.75) is 0 Å². The summed E-state index contributed by atoms with van der Waals surface area (Å²) < 4.78 is 6.72. The molecule has 2 aromatic heterocycles. The molecule has 0 saturated carbocycles. The highest BCUT2D eigenvalue weighted by Crippen LogP contribution is 2.43. The Labute approximate surface area is 387 Å². The van der Waals surface area contributed by atoms with Crippen LogP contribution in [-0.4, -0.2) is 9.97 Å². The number of fused-ring (bicyclic) bond motifs is 9. The van der Waals surface area contributed by atoms with Crippen LogP contribution in [0, 0.1) is 0 Å². The van der Waals surface area contributed by atoms with Crippen LogP contribution in [-0.2, 0) is 0 Å². The van der Waals surface area contributed by atoms with Crippen LogP contribution in [0.5, 0.6) is 0 Å². The van der Waals surface area contributed by atoms with Gasteiger partial charge < -0.3 is 4.42 Å². The second-order valence-electron chi connectivity index (χ2n) is 17.3. The molecule has 0 amide bonds. The number of benzene rings is 11. The monoisotopic (exact) mass is 852 g/mol. The zero-order chi connectivity index (χ0) is 44.3. The maximum atomic E-state index is 6.72. The van der Waals surface area contributed by atoms with Crippen molar-refractivity contribution in [3.8, 4) is 78.1 Å². The predicted octanol–water partition coefficient (Wildman–Crippen LogP) is 17.5. The number of aromatic nitrogens is 2. The molecule has 312 valence electrons. The summed E-state index contributed by atoms with van der Waals surface area (Å²) in [5.41, 5.74) is 18.7. The Morgan fingerprint density at radius 2 is 0.597 bits per heavy atom. The summed E-state index contributed by atoms with van der Waals surface area (Å²) in [6, 6.07) is 86.2. The van der Waals surface area contributed by atoms with E-state index in [9.17, 15) is 0 Å². The van der Waals surface area contributed by atoms with Crippen LogP contribution in [0.1, 0.15) is 0 Å². The third-order valence-electron chi connectivity index (χ3n) is 13.3. The first-order valence-electron chi connectivity index (χ1n) is 22.8. The molecule has 0 radical (unpaired) electrons. The van der Waals surface area contributed by atoms with Gasteiger partial charge in [-0.15, -0.1) is 0 Å². The molecule has 0 aliphatic heterocycles. The summed E-state index contributed by atoms with van der Waals surface area (Å²) in [7, 11) is 0. The van der Waals surface area contributed by atoms with Gasteiger partial charge in [0.25, 0.3) is 0 Å². The van der Waals surface area contributed by atoms with E-state index in [2.05, 4.69) is 243 Å². The molecule has 13 rings (SSSR count). The molecule has 0 atom stereocenters. The Bertz CT molecular complexity index is 3970. The topological polar surface area (TPSA) is 38.9 Å². The second kappa shape index (κ2) is 16.0. The van der Waals surface area contributed by atoms with Gasteiger partial charge in [0.1, 0.15) is 11.2 Å². The van der Waals surface area contributed by atoms with Gasteiger partial charge in [-0.3, -0.25) is 0 Å². The van der Waals surface area contributed by atoms with Gasteiger partial charge in [0.05, 0.1) is 22.4 Å². The van der Waals surface area contributed by atoms with Gasteiger partial charge >= 0.3 is 0 Å². The molecule has 0 unspecified atom stereocenters. The number of furan rings is 1. The standard InChI is InChI=1S/C64H40N2O/c1-4-14-41(15-5-1)44-26-32-48(33-27-44)60-61(66-63-55-23-13-11-21-53(55)52-20-10-12-22-54(52)62(63)65-60)49-34-28-46(29-35-49)45-24-30-47(31-25-45)56-39-51(43-18-8-3-9-19-43)40-58-57-38-50(42-16-6-2-7-17-42)36-37-59(57)67-64(56)58/h1-40H. The second-order valence-corrected chi connectivity index (χ2v) is 17.3. The van der Waals surface area contributed by atoms with E-state index in [-0.39, 0.29) is 0 Å². The molecule has 3 heteroatoms. The van der Waals surface area contributed by atoms with E-state index in [0.717, 1.165) is 99.6 Å². The molecule has 0 N–H and O–H groups in total. The van der Waals surface area contributed by atoms with Crippen molar-refractivity contribution in [3.63, 3.8) is 0 Å². The quantitative estimate of drug-likeness (QED) is 0.150. The van der Waals surface area contributed by atoms with Crippen LogP contribution in [0.4, 0.5) is 0 Å². The number of rotatable bonds is 7. The van der Waals surface area contributed by atoms with Crippen LogP contribution >= 0.6 is 0 Å². The lowest BCUT2D eigenvalue weighted by molar-refractivity contribution is 0.670. The van der Waals surface area contributed by atoms with Crippen molar-refractivity contribution < 1.29 is 4.42 Å². The van der Waals surface area contributed by atoms with E-state index in [1.165, 1.54) is 33.0 Å². The van der Waals surface area contributed by atoms with Crippen molar-refractivity contribution in [1.29, 1.82) is 0 Å². The van der Waals surface area contributed by atoms with E-state index in [1.54, 1.807) is 0 Å². The van der Waals surface area contributed by atoms with Gasteiger partial charge in [-0.2, -0.15) is 0 Å². The van der Waals surface area contributed by atoms with Gasteiger partial charge in [0, 0.05) is 38.2 Å². The summed E-state index contributed by atoms with van der Waals surface area (Å²) in [4.78, 5) is 11.1. The van der Waals surface area contributed by atoms with Crippen LogP contribution in [0.3, 0.4) is 0 Å². The van der Waals surface area contributed by atoms with Crippen LogP contribution in [0.15, 0.2) is 247 Å². The highest BCUT2D eigenvalue weighted by Gasteiger charge is 2.20. The lowest BCUT2D eigenvalue weighted by Crippen LogP contribution is -1.97. The van der Waals surface area contributed by atoms with Crippen LogP contribution in [0.25, 0.3) is 133 Å². The third-order valence-corrected chi connectivity index (χ3v) is 13.3. The highest BCUT2D eigenvalue weighted by molar-refractivity contribution is 6.23. The Hall–Kier alpha value is -8.92. The smallest absolute Gasteiger partial charge is 0.143 e. The number of nitrogens with zero attached hydrogens (tertiary/aromatic N) is 2. The fourth-order valence-electron chi connectivity index (χ4n) is 9.88. The third kappa shape index (κ3) is 6.76. The molecule has 0 fully saturated rings. The first-order valence-corrected chi connectivity index (χ1v) is 22.8. The minimum absolute atomic E-state index is 0.853. The fourth-order valence-corrected chi connectivity index (χ4v) is 9.88. The summed E-state index contributed by atoms with van der Waals surface area (Å²) in [5, 5.41) is 6.76. The minimum Gasteiger partial charge on any atom is -0.455 e. The number of hydrogen-bond donors (Lipinski definition) is 0. The van der Waals surface area contributed by atoms with Crippen molar-refractivity contribution >= 4 is 54.5 Å². The summed E-state index contributed by atoms with van der Waals surface area (Å²) >= 11 is 0. The molecule has 0 spiro atoms. The van der Waals surface area contributed by atoms with E-state index >= 15 is 0 Å². The molecule has 0 bridgehead atoms.